The fourth-order valence-electron chi connectivity index (χ4n) is 1.93. The van der Waals surface area contributed by atoms with Crippen molar-refractivity contribution in [1.82, 2.24) is 4.98 Å². The number of nitrogens with one attached hydrogen (secondary N) is 2. The largest absolute Gasteiger partial charge is 0.495 e. The topological polar surface area (TPSA) is 63.2 Å². The molecule has 0 aliphatic rings. The lowest BCUT2D eigenvalue weighted by atomic mass is 10.2. The molecule has 0 spiro atoms. The fourth-order valence-corrected chi connectivity index (χ4v) is 1.93. The normalized spacial score (nSPS) is 10.0. The van der Waals surface area contributed by atoms with Crippen LogP contribution in [0.1, 0.15) is 22.8 Å². The summed E-state index contributed by atoms with van der Waals surface area (Å²) in [5.41, 5.74) is 2.20. The van der Waals surface area contributed by atoms with E-state index in [0.717, 1.165) is 17.9 Å². The first kappa shape index (κ1) is 14.8. The monoisotopic (exact) mass is 285 g/mol. The van der Waals surface area contributed by atoms with E-state index in [1.54, 1.807) is 25.4 Å². The van der Waals surface area contributed by atoms with Crippen molar-refractivity contribution in [2.45, 2.75) is 13.8 Å². The Morgan fingerprint density at radius 3 is 2.71 bits per heavy atom. The summed E-state index contributed by atoms with van der Waals surface area (Å²) in [7, 11) is 1.58. The van der Waals surface area contributed by atoms with Crippen LogP contribution in [0.15, 0.2) is 36.5 Å². The molecule has 2 N–H and O–H groups in total. The predicted octanol–water partition coefficient (Wildman–Crippen LogP) is 3.08. The van der Waals surface area contributed by atoms with Gasteiger partial charge in [-0.3, -0.25) is 4.79 Å². The minimum atomic E-state index is -0.213. The maximum atomic E-state index is 12.2. The molecule has 0 saturated carbocycles. The fraction of sp³-hybridized carbons (Fsp3) is 0.250. The van der Waals surface area contributed by atoms with Crippen LogP contribution in [0, 0.1) is 6.92 Å². The number of hydrogen-bond acceptors (Lipinski definition) is 4. The number of anilines is 2. The lowest BCUT2D eigenvalue weighted by Crippen LogP contribution is -2.13. The number of aryl methyl sites for hydroxylation is 1. The second-order valence-electron chi connectivity index (χ2n) is 4.62. The Kier molecular flexibility index (Phi) is 4.77. The zero-order valence-corrected chi connectivity index (χ0v) is 12.4. The number of carbonyl (C=O) groups is 1. The van der Waals surface area contributed by atoms with Crippen LogP contribution in [-0.4, -0.2) is 24.5 Å². The van der Waals surface area contributed by atoms with Crippen LogP contribution in [0.25, 0.3) is 0 Å². The first-order valence-corrected chi connectivity index (χ1v) is 6.80. The minimum Gasteiger partial charge on any atom is -0.495 e. The summed E-state index contributed by atoms with van der Waals surface area (Å²) >= 11 is 0. The van der Waals surface area contributed by atoms with Crippen LogP contribution in [0.2, 0.25) is 0 Å². The summed E-state index contributed by atoms with van der Waals surface area (Å²) in [6, 6.07) is 9.16. The van der Waals surface area contributed by atoms with Gasteiger partial charge >= 0.3 is 0 Å². The molecule has 0 aliphatic heterocycles. The summed E-state index contributed by atoms with van der Waals surface area (Å²) < 4.78 is 5.25. The molecule has 1 aromatic carbocycles. The smallest absolute Gasteiger partial charge is 0.257 e. The molecular formula is C16H19N3O2. The third-order valence-electron chi connectivity index (χ3n) is 2.99. The molecule has 0 saturated heterocycles. The quantitative estimate of drug-likeness (QED) is 0.886. The Morgan fingerprint density at radius 1 is 1.29 bits per heavy atom. The first-order valence-electron chi connectivity index (χ1n) is 6.80. The summed E-state index contributed by atoms with van der Waals surface area (Å²) in [4.78, 5) is 16.4. The molecule has 110 valence electrons. The minimum absolute atomic E-state index is 0.213. The highest BCUT2D eigenvalue weighted by atomic mass is 16.5. The van der Waals surface area contributed by atoms with Gasteiger partial charge in [0.15, 0.2) is 0 Å². The number of pyridine rings is 1. The molecule has 0 radical (unpaired) electrons. The van der Waals surface area contributed by atoms with Crippen molar-refractivity contribution >= 4 is 17.4 Å². The van der Waals surface area contributed by atoms with Crippen molar-refractivity contribution in [3.8, 4) is 5.75 Å². The third-order valence-corrected chi connectivity index (χ3v) is 2.99. The zero-order chi connectivity index (χ0) is 15.2. The van der Waals surface area contributed by atoms with Crippen LogP contribution in [0.5, 0.6) is 5.75 Å². The Labute approximate surface area is 124 Å². The number of carbonyl (C=O) groups excluding carboxylic acids is 1. The molecule has 0 fully saturated rings. The van der Waals surface area contributed by atoms with Crippen LogP contribution < -0.4 is 15.4 Å². The predicted molar refractivity (Wildman–Crippen MR) is 84.1 cm³/mol. The molecule has 0 atom stereocenters. The van der Waals surface area contributed by atoms with Crippen LogP contribution in [0.4, 0.5) is 11.5 Å². The van der Waals surface area contributed by atoms with E-state index in [4.69, 9.17) is 4.74 Å². The molecule has 0 unspecified atom stereocenters. The summed E-state index contributed by atoms with van der Waals surface area (Å²) in [5.74, 6) is 1.17. The van der Waals surface area contributed by atoms with Gasteiger partial charge in [-0.2, -0.15) is 0 Å². The summed E-state index contributed by atoms with van der Waals surface area (Å²) in [6.45, 7) is 4.74. The number of ether oxygens (including phenoxy) is 1. The van der Waals surface area contributed by atoms with Gasteiger partial charge in [0.25, 0.3) is 5.91 Å². The molecule has 1 amide bonds. The molecule has 5 heteroatoms. The van der Waals surface area contributed by atoms with Crippen molar-refractivity contribution in [3.63, 3.8) is 0 Å². The number of methoxy groups -OCH3 is 1. The van der Waals surface area contributed by atoms with Crippen molar-refractivity contribution in [3.05, 3.63) is 47.7 Å². The molecule has 0 bridgehead atoms. The Balaban J connectivity index is 2.15. The zero-order valence-electron chi connectivity index (χ0n) is 12.4. The van der Waals surface area contributed by atoms with E-state index in [1.807, 2.05) is 32.0 Å². The maximum Gasteiger partial charge on any atom is 0.257 e. The Bertz CT molecular complexity index is 624. The highest BCUT2D eigenvalue weighted by molar-refractivity contribution is 6.05. The number of benzene rings is 1. The Morgan fingerprint density at radius 2 is 2.10 bits per heavy atom. The average molecular weight is 285 g/mol. The van der Waals surface area contributed by atoms with Gasteiger partial charge < -0.3 is 15.4 Å². The van der Waals surface area contributed by atoms with E-state index >= 15 is 0 Å². The molecule has 1 heterocycles. The first-order chi connectivity index (χ1) is 10.1. The summed E-state index contributed by atoms with van der Waals surface area (Å²) in [5, 5.41) is 5.93. The maximum absolute atomic E-state index is 12.2. The van der Waals surface area contributed by atoms with Gasteiger partial charge in [-0.15, -0.1) is 0 Å². The van der Waals surface area contributed by atoms with Gasteiger partial charge in [-0.05, 0) is 43.7 Å². The lowest BCUT2D eigenvalue weighted by Gasteiger charge is -2.11. The second kappa shape index (κ2) is 6.74. The Hall–Kier alpha value is -2.56. The van der Waals surface area contributed by atoms with Crippen molar-refractivity contribution < 1.29 is 9.53 Å². The molecule has 2 rings (SSSR count). The number of nitrogens with zero attached hydrogens (tertiary/aromatic N) is 1. The molecule has 2 aromatic rings. The van der Waals surface area contributed by atoms with Crippen LogP contribution in [0.3, 0.4) is 0 Å². The number of rotatable bonds is 5. The van der Waals surface area contributed by atoms with E-state index in [-0.39, 0.29) is 5.91 Å². The SMILES string of the molecule is CCNc1ccc(C(=O)Nc2cc(C)ccc2OC)cn1. The standard InChI is InChI=1S/C16H19N3O2/c1-4-17-15-8-6-12(10-18-15)16(20)19-13-9-11(2)5-7-14(13)21-3/h5-10H,4H2,1-3H3,(H,17,18)(H,19,20). The highest BCUT2D eigenvalue weighted by Crippen LogP contribution is 2.25. The van der Waals surface area contributed by atoms with Gasteiger partial charge in [0, 0.05) is 12.7 Å². The van der Waals surface area contributed by atoms with Crippen molar-refractivity contribution in [2.75, 3.05) is 24.3 Å². The lowest BCUT2D eigenvalue weighted by molar-refractivity contribution is 0.102. The molecule has 0 aliphatic carbocycles. The van der Waals surface area contributed by atoms with Gasteiger partial charge in [-0.25, -0.2) is 4.98 Å². The van der Waals surface area contributed by atoms with Gasteiger partial charge in [0.1, 0.15) is 11.6 Å². The number of amides is 1. The van der Waals surface area contributed by atoms with E-state index in [2.05, 4.69) is 15.6 Å². The second-order valence-corrected chi connectivity index (χ2v) is 4.62. The van der Waals surface area contributed by atoms with Gasteiger partial charge in [-0.1, -0.05) is 6.07 Å². The van der Waals surface area contributed by atoms with Crippen LogP contribution >= 0.6 is 0 Å². The number of aromatic nitrogens is 1. The molecule has 21 heavy (non-hydrogen) atoms. The van der Waals surface area contributed by atoms with E-state index in [9.17, 15) is 4.79 Å². The van der Waals surface area contributed by atoms with E-state index in [0.29, 0.717) is 17.0 Å². The number of hydrogen-bond donors (Lipinski definition) is 2. The average Bonchev–Trinajstić information content (AvgIpc) is 2.48. The molecule has 1 aromatic heterocycles. The van der Waals surface area contributed by atoms with Crippen LogP contribution in [-0.2, 0) is 0 Å². The van der Waals surface area contributed by atoms with Gasteiger partial charge in [0.2, 0.25) is 0 Å². The van der Waals surface area contributed by atoms with Crippen molar-refractivity contribution in [2.24, 2.45) is 0 Å². The highest BCUT2D eigenvalue weighted by Gasteiger charge is 2.10. The van der Waals surface area contributed by atoms with E-state index in [1.165, 1.54) is 0 Å². The molecular weight excluding hydrogens is 266 g/mol. The summed E-state index contributed by atoms with van der Waals surface area (Å²) in [6.07, 6.45) is 1.55. The molecule has 5 nitrogen and oxygen atoms in total. The van der Waals surface area contributed by atoms with Crippen molar-refractivity contribution in [1.29, 1.82) is 0 Å². The third kappa shape index (κ3) is 3.72. The van der Waals surface area contributed by atoms with Gasteiger partial charge in [0.05, 0.1) is 18.4 Å². The van der Waals surface area contributed by atoms with E-state index < -0.39 is 0 Å².